The van der Waals surface area contributed by atoms with Crippen molar-refractivity contribution in [3.05, 3.63) is 48.0 Å². The van der Waals surface area contributed by atoms with E-state index in [4.69, 9.17) is 0 Å². The third kappa shape index (κ3) is 9.70. The Bertz CT molecular complexity index is 844. The average molecular weight is 479 g/mol. The molecule has 0 N–H and O–H groups in total. The second-order valence-corrected chi connectivity index (χ2v) is 9.03. The quantitative estimate of drug-likeness (QED) is 0.205. The van der Waals surface area contributed by atoms with Gasteiger partial charge in [-0.1, -0.05) is 36.9 Å². The van der Waals surface area contributed by atoms with Crippen molar-refractivity contribution in [3.63, 3.8) is 0 Å². The van der Waals surface area contributed by atoms with Gasteiger partial charge in [-0.2, -0.15) is 26.3 Å². The van der Waals surface area contributed by atoms with Crippen LogP contribution in [0.1, 0.15) is 12.5 Å². The maximum absolute atomic E-state index is 12.6. The fourth-order valence-corrected chi connectivity index (χ4v) is 2.98. The molecule has 0 aliphatic rings. The van der Waals surface area contributed by atoms with Crippen LogP contribution >= 0.6 is 0 Å². The molecule has 13 heteroatoms. The number of rotatable bonds is 6. The molecule has 0 saturated carbocycles. The maximum Gasteiger partial charge on any atom is 0.438 e. The third-order valence-electron chi connectivity index (χ3n) is 3.41. The SMILES string of the molecule is C=C(C)C(=O)OC(CS(=O)(=O)[O-])(C(F)(F)F)C(F)(F)F.C[N+](C)(C)Cc1ccccc1. The predicted octanol–water partition coefficient (Wildman–Crippen LogP) is 3.41. The van der Waals surface area contributed by atoms with Gasteiger partial charge in [0.15, 0.2) is 0 Å². The van der Waals surface area contributed by atoms with Gasteiger partial charge < -0.3 is 13.8 Å². The molecule has 0 radical (unpaired) electrons. The van der Waals surface area contributed by atoms with E-state index in [9.17, 15) is 44.1 Å². The standard InChI is InChI=1S/C10H16N.C8H8F6O5S/c1-11(2,3)9-10-7-5-4-6-8-10;1-4(2)5(15)19-6(7(9,10)11,8(12,13)14)3-20(16,17)18/h4-8H,9H2,1-3H3;1,3H2,2H3,(H,16,17,18)/q+1;/p-1. The summed E-state index contributed by atoms with van der Waals surface area (Å²) >= 11 is 0. The molecule has 0 aliphatic heterocycles. The minimum atomic E-state index is -6.37. The number of quaternary nitrogens is 1. The Hall–Kier alpha value is -2.12. The normalized spacial score (nSPS) is 13.1. The summed E-state index contributed by atoms with van der Waals surface area (Å²) in [5.74, 6) is -5.16. The summed E-state index contributed by atoms with van der Waals surface area (Å²) < 4.78 is 111. The molecule has 0 spiro atoms. The molecule has 0 bridgehead atoms. The topological polar surface area (TPSA) is 83.5 Å². The monoisotopic (exact) mass is 479 g/mol. The van der Waals surface area contributed by atoms with Gasteiger partial charge in [-0.25, -0.2) is 13.2 Å². The lowest BCUT2D eigenvalue weighted by molar-refractivity contribution is -0.884. The van der Waals surface area contributed by atoms with E-state index in [0.717, 1.165) is 18.0 Å². The van der Waals surface area contributed by atoms with Crippen LogP contribution in [0.3, 0.4) is 0 Å². The smallest absolute Gasteiger partial charge is 0.438 e. The van der Waals surface area contributed by atoms with Crippen molar-refractivity contribution in [2.75, 3.05) is 26.9 Å². The van der Waals surface area contributed by atoms with Crippen LogP contribution < -0.4 is 0 Å². The van der Waals surface area contributed by atoms with Crippen LogP contribution in [0, 0.1) is 0 Å². The van der Waals surface area contributed by atoms with Crippen LogP contribution in [0.25, 0.3) is 0 Å². The number of hydrogen-bond acceptors (Lipinski definition) is 5. The van der Waals surface area contributed by atoms with Gasteiger partial charge in [0.25, 0.3) is 0 Å². The van der Waals surface area contributed by atoms with Crippen molar-refractivity contribution in [1.82, 2.24) is 0 Å². The summed E-state index contributed by atoms with van der Waals surface area (Å²) in [6, 6.07) is 10.6. The van der Waals surface area contributed by atoms with Crippen LogP contribution in [0.5, 0.6) is 0 Å². The molecule has 0 aliphatic carbocycles. The number of benzene rings is 1. The molecule has 1 aromatic rings. The third-order valence-corrected chi connectivity index (χ3v) is 4.17. The van der Waals surface area contributed by atoms with E-state index < -0.39 is 45.4 Å². The van der Waals surface area contributed by atoms with E-state index in [1.54, 1.807) is 0 Å². The molecule has 0 amide bonds. The fourth-order valence-electron chi connectivity index (χ4n) is 2.10. The van der Waals surface area contributed by atoms with E-state index in [2.05, 4.69) is 62.8 Å². The summed E-state index contributed by atoms with van der Waals surface area (Å²) in [5.41, 5.74) is -4.89. The van der Waals surface area contributed by atoms with Gasteiger partial charge in [-0.15, -0.1) is 0 Å². The Balaban J connectivity index is 0.000000683. The highest BCUT2D eigenvalue weighted by atomic mass is 32.2. The van der Waals surface area contributed by atoms with Gasteiger partial charge in [0.05, 0.1) is 37.0 Å². The molecule has 0 fully saturated rings. The highest BCUT2D eigenvalue weighted by molar-refractivity contribution is 7.85. The lowest BCUT2D eigenvalue weighted by Gasteiger charge is -2.36. The van der Waals surface area contributed by atoms with Gasteiger partial charge >= 0.3 is 23.9 Å². The zero-order valence-electron chi connectivity index (χ0n) is 17.2. The Labute approximate surface area is 176 Å². The molecule has 0 saturated heterocycles. The van der Waals surface area contributed by atoms with Crippen LogP contribution in [-0.4, -0.2) is 68.3 Å². The van der Waals surface area contributed by atoms with Crippen LogP contribution in [0.2, 0.25) is 0 Å². The summed E-state index contributed by atoms with van der Waals surface area (Å²) in [4.78, 5) is 10.9. The molecule has 0 unspecified atom stereocenters. The molecule has 1 aromatic carbocycles. The first-order valence-electron chi connectivity index (χ1n) is 8.41. The van der Waals surface area contributed by atoms with Crippen molar-refractivity contribution >= 4 is 16.1 Å². The molecule has 1 rings (SSSR count). The Morgan fingerprint density at radius 3 is 1.74 bits per heavy atom. The van der Waals surface area contributed by atoms with Crippen LogP contribution in [-0.2, 0) is 26.2 Å². The summed E-state index contributed by atoms with van der Waals surface area (Å²) in [6.07, 6.45) is -12.7. The van der Waals surface area contributed by atoms with E-state index in [-0.39, 0.29) is 0 Å². The number of esters is 1. The first-order valence-corrected chi connectivity index (χ1v) is 9.99. The number of alkyl halides is 6. The van der Waals surface area contributed by atoms with Crippen molar-refractivity contribution in [3.8, 4) is 0 Å². The van der Waals surface area contributed by atoms with Crippen molar-refractivity contribution in [1.29, 1.82) is 0 Å². The minimum absolute atomic E-state index is 0.742. The van der Waals surface area contributed by atoms with Crippen molar-refractivity contribution in [2.24, 2.45) is 0 Å². The first kappa shape index (κ1) is 28.9. The van der Waals surface area contributed by atoms with E-state index in [0.29, 0.717) is 0 Å². The zero-order valence-corrected chi connectivity index (χ0v) is 18.0. The van der Waals surface area contributed by atoms with Crippen LogP contribution in [0.15, 0.2) is 42.5 Å². The lowest BCUT2D eigenvalue weighted by Crippen LogP contribution is -2.63. The average Bonchev–Trinajstić information content (AvgIpc) is 2.50. The number of carbonyl (C=O) groups excluding carboxylic acids is 1. The van der Waals surface area contributed by atoms with E-state index >= 15 is 0 Å². The second kappa shape index (κ2) is 10.0. The lowest BCUT2D eigenvalue weighted by atomic mass is 10.1. The molecule has 178 valence electrons. The summed E-state index contributed by atoms with van der Waals surface area (Å²) in [6.45, 7) is 4.60. The van der Waals surface area contributed by atoms with Gasteiger partial charge in [-0.05, 0) is 6.92 Å². The molecular formula is C18H23F6NO5S. The van der Waals surface area contributed by atoms with Gasteiger partial charge in [0, 0.05) is 11.1 Å². The second-order valence-electron chi connectivity index (χ2n) is 7.63. The summed E-state index contributed by atoms with van der Waals surface area (Å²) in [7, 11) is 0.588. The molecule has 0 atom stereocenters. The highest BCUT2D eigenvalue weighted by Crippen LogP contribution is 2.47. The maximum atomic E-state index is 12.6. The molecule has 0 heterocycles. The number of halogens is 6. The van der Waals surface area contributed by atoms with E-state index in [1.807, 2.05) is 0 Å². The number of hydrogen-bond donors (Lipinski definition) is 0. The number of carbonyl (C=O) groups is 1. The highest BCUT2D eigenvalue weighted by Gasteiger charge is 2.75. The first-order chi connectivity index (χ1) is 13.6. The molecular weight excluding hydrogens is 456 g/mol. The van der Waals surface area contributed by atoms with Crippen molar-refractivity contribution in [2.45, 2.75) is 31.4 Å². The predicted molar refractivity (Wildman–Crippen MR) is 98.5 cm³/mol. The molecule has 6 nitrogen and oxygen atoms in total. The molecule has 31 heavy (non-hydrogen) atoms. The number of nitrogens with zero attached hydrogens (tertiary/aromatic N) is 1. The largest absolute Gasteiger partial charge is 0.748 e. The van der Waals surface area contributed by atoms with Gasteiger partial charge in [0.1, 0.15) is 6.54 Å². The number of ether oxygens (including phenoxy) is 1. The zero-order chi connectivity index (χ0) is 24.9. The molecule has 0 aromatic heterocycles. The fraction of sp³-hybridized carbons (Fsp3) is 0.500. The summed E-state index contributed by atoms with van der Waals surface area (Å²) in [5, 5.41) is 0. The minimum Gasteiger partial charge on any atom is -0.748 e. The van der Waals surface area contributed by atoms with Gasteiger partial charge in [-0.3, -0.25) is 0 Å². The van der Waals surface area contributed by atoms with Crippen LogP contribution in [0.4, 0.5) is 26.3 Å². The Kier molecular flexibility index (Phi) is 9.32. The Morgan fingerprint density at radius 1 is 1.03 bits per heavy atom. The van der Waals surface area contributed by atoms with Gasteiger partial charge in [0.2, 0.25) is 0 Å². The van der Waals surface area contributed by atoms with Crippen molar-refractivity contribution < 1.29 is 53.3 Å². The van der Waals surface area contributed by atoms with E-state index in [1.165, 1.54) is 5.56 Å². The Morgan fingerprint density at radius 2 is 1.45 bits per heavy atom.